The Bertz CT molecular complexity index is 940. The van der Waals surface area contributed by atoms with Crippen molar-refractivity contribution in [1.82, 2.24) is 10.2 Å². The van der Waals surface area contributed by atoms with Gasteiger partial charge >= 0.3 is 6.09 Å². The molecule has 2 amide bonds. The van der Waals surface area contributed by atoms with Crippen LogP contribution in [0.25, 0.3) is 0 Å². The van der Waals surface area contributed by atoms with Crippen molar-refractivity contribution >= 4 is 12.0 Å². The summed E-state index contributed by atoms with van der Waals surface area (Å²) < 4.78 is 16.9. The van der Waals surface area contributed by atoms with Gasteiger partial charge in [0.25, 0.3) is 5.91 Å². The monoisotopic (exact) mass is 497 g/mol. The zero-order valence-electron chi connectivity index (χ0n) is 21.7. The van der Waals surface area contributed by atoms with Gasteiger partial charge < -0.3 is 24.4 Å². The molecule has 36 heavy (non-hydrogen) atoms. The van der Waals surface area contributed by atoms with Crippen molar-refractivity contribution in [3.8, 4) is 6.07 Å². The molecule has 1 aliphatic heterocycles. The molecule has 1 saturated heterocycles. The summed E-state index contributed by atoms with van der Waals surface area (Å²) in [6.07, 6.45) is 3.54. The van der Waals surface area contributed by atoms with Crippen molar-refractivity contribution in [2.24, 2.45) is 23.2 Å². The fourth-order valence-electron chi connectivity index (χ4n) is 6.04. The molecule has 1 spiro atoms. The van der Waals surface area contributed by atoms with Crippen molar-refractivity contribution < 1.29 is 23.8 Å². The third kappa shape index (κ3) is 6.19. The molecule has 3 fully saturated rings. The van der Waals surface area contributed by atoms with Crippen LogP contribution in [0, 0.1) is 34.5 Å². The molecule has 4 atom stereocenters. The molecule has 0 bridgehead atoms. The number of hydrogen-bond donors (Lipinski definition) is 1. The highest BCUT2D eigenvalue weighted by molar-refractivity contribution is 5.84. The Morgan fingerprint density at radius 2 is 1.83 bits per heavy atom. The fraction of sp³-hybridized carbons (Fsp3) is 0.679. The van der Waals surface area contributed by atoms with Crippen molar-refractivity contribution in [2.75, 3.05) is 26.3 Å². The van der Waals surface area contributed by atoms with Gasteiger partial charge in [0, 0.05) is 13.1 Å². The lowest BCUT2D eigenvalue weighted by Gasteiger charge is -2.41. The summed E-state index contributed by atoms with van der Waals surface area (Å²) in [6, 6.07) is 11.5. The second-order valence-electron chi connectivity index (χ2n) is 11.0. The van der Waals surface area contributed by atoms with E-state index >= 15 is 0 Å². The van der Waals surface area contributed by atoms with Crippen LogP contribution in [-0.4, -0.2) is 55.0 Å². The number of amides is 2. The van der Waals surface area contributed by atoms with Crippen LogP contribution in [-0.2, 0) is 25.6 Å². The van der Waals surface area contributed by atoms with Gasteiger partial charge in [-0.25, -0.2) is 4.79 Å². The molecular formula is C28H39N3O5. The van der Waals surface area contributed by atoms with Crippen LogP contribution < -0.4 is 5.32 Å². The normalized spacial score (nSPS) is 27.4. The molecule has 2 saturated carbocycles. The van der Waals surface area contributed by atoms with E-state index < -0.39 is 23.8 Å². The van der Waals surface area contributed by atoms with Crippen LogP contribution >= 0.6 is 0 Å². The molecule has 4 unspecified atom stereocenters. The number of carbonyl (C=O) groups is 2. The molecule has 1 heterocycles. The Balaban J connectivity index is 1.43. The van der Waals surface area contributed by atoms with E-state index in [1.54, 1.807) is 4.90 Å². The number of nitriles is 1. The lowest BCUT2D eigenvalue weighted by Crippen LogP contribution is -2.53. The van der Waals surface area contributed by atoms with Gasteiger partial charge in [-0.05, 0) is 67.8 Å². The number of hydrogen-bond acceptors (Lipinski definition) is 6. The average Bonchev–Trinajstić information content (AvgIpc) is 3.69. The minimum absolute atomic E-state index is 0.170. The van der Waals surface area contributed by atoms with Crippen LogP contribution in [0.2, 0.25) is 0 Å². The number of rotatable bonds is 8. The Kier molecular flexibility index (Phi) is 8.21. The van der Waals surface area contributed by atoms with E-state index in [9.17, 15) is 14.9 Å². The third-order valence-corrected chi connectivity index (χ3v) is 8.46. The number of morpholine rings is 1. The Labute approximate surface area is 214 Å². The van der Waals surface area contributed by atoms with Gasteiger partial charge in [-0.1, -0.05) is 44.2 Å². The van der Waals surface area contributed by atoms with E-state index in [0.717, 1.165) is 18.4 Å². The fourth-order valence-corrected chi connectivity index (χ4v) is 6.04. The highest BCUT2D eigenvalue weighted by Crippen LogP contribution is 2.63. The Hall–Kier alpha value is -2.63. The maximum absolute atomic E-state index is 13.5. The summed E-state index contributed by atoms with van der Waals surface area (Å²) in [6.45, 7) is 8.09. The number of benzene rings is 1. The van der Waals surface area contributed by atoms with Gasteiger partial charge in [0.2, 0.25) is 5.72 Å². The first kappa shape index (κ1) is 26.4. The first-order chi connectivity index (χ1) is 17.2. The Morgan fingerprint density at radius 3 is 2.42 bits per heavy atom. The SMILES string of the molecule is CC1CC(CC(OC(=O)N2CCOCC2)C(=O)NC(C)(C#N)OCc2ccccc2)CC(C)C12CC2. The van der Waals surface area contributed by atoms with E-state index in [2.05, 4.69) is 25.2 Å². The van der Waals surface area contributed by atoms with Gasteiger partial charge in [-0.3, -0.25) is 4.79 Å². The highest BCUT2D eigenvalue weighted by Gasteiger charge is 2.54. The first-order valence-corrected chi connectivity index (χ1v) is 13.2. The van der Waals surface area contributed by atoms with E-state index in [0.29, 0.717) is 50.0 Å². The highest BCUT2D eigenvalue weighted by atomic mass is 16.6. The van der Waals surface area contributed by atoms with Crippen molar-refractivity contribution in [2.45, 2.75) is 71.3 Å². The van der Waals surface area contributed by atoms with Gasteiger partial charge in [0.05, 0.1) is 19.8 Å². The van der Waals surface area contributed by atoms with Gasteiger partial charge in [0.15, 0.2) is 6.10 Å². The van der Waals surface area contributed by atoms with Crippen LogP contribution in [0.5, 0.6) is 0 Å². The molecule has 0 radical (unpaired) electrons. The molecule has 0 aromatic heterocycles. The van der Waals surface area contributed by atoms with Gasteiger partial charge in [-0.15, -0.1) is 0 Å². The van der Waals surface area contributed by atoms with Crippen LogP contribution in [0.3, 0.4) is 0 Å². The molecule has 1 aromatic rings. The smallest absolute Gasteiger partial charge is 0.410 e. The van der Waals surface area contributed by atoms with Crippen molar-refractivity contribution in [3.05, 3.63) is 35.9 Å². The summed E-state index contributed by atoms with van der Waals surface area (Å²) in [5.74, 6) is 0.945. The topological polar surface area (TPSA) is 101 Å². The lowest BCUT2D eigenvalue weighted by molar-refractivity contribution is -0.139. The van der Waals surface area contributed by atoms with Gasteiger partial charge in [-0.2, -0.15) is 5.26 Å². The Morgan fingerprint density at radius 1 is 1.19 bits per heavy atom. The van der Waals surface area contributed by atoms with E-state index in [1.807, 2.05) is 30.3 Å². The minimum atomic E-state index is -1.55. The molecule has 3 aliphatic rings. The van der Waals surface area contributed by atoms with Crippen molar-refractivity contribution in [1.29, 1.82) is 5.26 Å². The van der Waals surface area contributed by atoms with E-state index in [-0.39, 0.29) is 12.5 Å². The van der Waals surface area contributed by atoms with Crippen molar-refractivity contribution in [3.63, 3.8) is 0 Å². The van der Waals surface area contributed by atoms with Crippen LogP contribution in [0.1, 0.15) is 58.4 Å². The zero-order chi connectivity index (χ0) is 25.8. The molecule has 196 valence electrons. The van der Waals surface area contributed by atoms with Gasteiger partial charge in [0.1, 0.15) is 6.07 Å². The molecular weight excluding hydrogens is 458 g/mol. The maximum Gasteiger partial charge on any atom is 0.410 e. The summed E-state index contributed by atoms with van der Waals surface area (Å²) in [5, 5.41) is 12.5. The molecule has 1 aromatic carbocycles. The minimum Gasteiger partial charge on any atom is -0.436 e. The van der Waals surface area contributed by atoms with E-state index in [1.165, 1.54) is 19.8 Å². The third-order valence-electron chi connectivity index (χ3n) is 8.46. The summed E-state index contributed by atoms with van der Waals surface area (Å²) in [5.41, 5.74) is -0.201. The predicted molar refractivity (Wildman–Crippen MR) is 133 cm³/mol. The standard InChI is InChI=1S/C28H39N3O5/c1-20-15-23(16-21(2)28(20)9-10-28)17-24(36-26(33)31-11-13-34-14-12-31)25(32)30-27(3,19-29)35-18-22-7-5-4-6-8-22/h4-8,20-21,23-24H,9-18H2,1-3H3,(H,30,32). The zero-order valence-corrected chi connectivity index (χ0v) is 21.7. The summed E-state index contributed by atoms with van der Waals surface area (Å²) in [4.78, 5) is 27.9. The van der Waals surface area contributed by atoms with Crippen LogP contribution in [0.15, 0.2) is 30.3 Å². The summed E-state index contributed by atoms with van der Waals surface area (Å²) in [7, 11) is 0. The molecule has 4 rings (SSSR count). The molecule has 8 nitrogen and oxygen atoms in total. The molecule has 1 N–H and O–H groups in total. The maximum atomic E-state index is 13.5. The number of nitrogens with one attached hydrogen (secondary N) is 1. The van der Waals surface area contributed by atoms with E-state index in [4.69, 9.17) is 14.2 Å². The number of nitrogens with zero attached hydrogens (tertiary/aromatic N) is 2. The number of carbonyl (C=O) groups excluding carboxylic acids is 2. The quantitative estimate of drug-likeness (QED) is 0.539. The molecule has 2 aliphatic carbocycles. The summed E-state index contributed by atoms with van der Waals surface area (Å²) >= 11 is 0. The largest absolute Gasteiger partial charge is 0.436 e. The lowest BCUT2D eigenvalue weighted by atomic mass is 9.65. The second-order valence-corrected chi connectivity index (χ2v) is 11.0. The van der Waals surface area contributed by atoms with Crippen LogP contribution in [0.4, 0.5) is 4.79 Å². The second kappa shape index (κ2) is 11.2. The predicted octanol–water partition coefficient (Wildman–Crippen LogP) is 4.25. The number of ether oxygens (including phenoxy) is 3. The molecule has 8 heteroatoms. The first-order valence-electron chi connectivity index (χ1n) is 13.2. The average molecular weight is 498 g/mol.